The fraction of sp³-hybridized carbons (Fsp3) is 1.00. The van der Waals surface area contributed by atoms with Crippen molar-refractivity contribution in [2.75, 3.05) is 26.2 Å². The molecule has 1 heterocycles. The largest absolute Gasteiger partial charge is 0.311 e. The topological polar surface area (TPSA) is 15.3 Å². The van der Waals surface area contributed by atoms with Crippen LogP contribution in [0.1, 0.15) is 26.7 Å². The Hall–Kier alpha value is -0.0800. The Kier molecular flexibility index (Phi) is 2.89. The van der Waals surface area contributed by atoms with Crippen LogP contribution < -0.4 is 5.32 Å². The zero-order valence-electron chi connectivity index (χ0n) is 8.92. The summed E-state index contributed by atoms with van der Waals surface area (Å²) in [5, 5.41) is 3.56. The second-order valence-corrected chi connectivity index (χ2v) is 4.79. The van der Waals surface area contributed by atoms with Gasteiger partial charge in [0.25, 0.3) is 0 Å². The maximum absolute atomic E-state index is 3.56. The molecule has 76 valence electrons. The Morgan fingerprint density at radius 1 is 1.46 bits per heavy atom. The monoisotopic (exact) mass is 182 g/mol. The Labute approximate surface area is 81.7 Å². The van der Waals surface area contributed by atoms with Crippen LogP contribution in [0.25, 0.3) is 0 Å². The highest BCUT2D eigenvalue weighted by Gasteiger charge is 2.34. The second-order valence-electron chi connectivity index (χ2n) is 4.79. The minimum atomic E-state index is 0.753. The van der Waals surface area contributed by atoms with Crippen molar-refractivity contribution < 1.29 is 0 Å². The van der Waals surface area contributed by atoms with E-state index in [1.165, 1.54) is 39.0 Å². The number of nitrogens with zero attached hydrogens (tertiary/aromatic N) is 1. The van der Waals surface area contributed by atoms with Gasteiger partial charge in [-0.2, -0.15) is 0 Å². The van der Waals surface area contributed by atoms with E-state index < -0.39 is 0 Å². The summed E-state index contributed by atoms with van der Waals surface area (Å²) in [4.78, 5) is 2.65. The van der Waals surface area contributed by atoms with Crippen LogP contribution in [-0.4, -0.2) is 37.1 Å². The van der Waals surface area contributed by atoms with Gasteiger partial charge in [0.2, 0.25) is 0 Å². The molecule has 1 saturated heterocycles. The highest BCUT2D eigenvalue weighted by Crippen LogP contribution is 2.38. The summed E-state index contributed by atoms with van der Waals surface area (Å²) in [5.41, 5.74) is 0. The maximum atomic E-state index is 3.56. The van der Waals surface area contributed by atoms with E-state index in [1.807, 2.05) is 0 Å². The standard InChI is InChI=1S/C11H22N2/c1-3-11-8-13(5-4-12-11)7-10-6-9(10)2/h9-12H,3-8H2,1-2H3. The molecular weight excluding hydrogens is 160 g/mol. The molecule has 0 spiro atoms. The molecule has 1 aliphatic carbocycles. The Balaban J connectivity index is 1.72. The van der Waals surface area contributed by atoms with Crippen molar-refractivity contribution in [3.8, 4) is 0 Å². The molecule has 0 aromatic carbocycles. The molecule has 1 aliphatic heterocycles. The molecule has 2 rings (SSSR count). The summed E-state index contributed by atoms with van der Waals surface area (Å²) in [6, 6.07) is 0.753. The minimum Gasteiger partial charge on any atom is -0.311 e. The highest BCUT2D eigenvalue weighted by atomic mass is 15.2. The van der Waals surface area contributed by atoms with Crippen LogP contribution in [0.5, 0.6) is 0 Å². The van der Waals surface area contributed by atoms with Gasteiger partial charge in [0.05, 0.1) is 0 Å². The summed E-state index contributed by atoms with van der Waals surface area (Å²) in [6.07, 6.45) is 2.75. The van der Waals surface area contributed by atoms with Crippen LogP contribution in [0.4, 0.5) is 0 Å². The number of hydrogen-bond donors (Lipinski definition) is 1. The average molecular weight is 182 g/mol. The van der Waals surface area contributed by atoms with E-state index in [4.69, 9.17) is 0 Å². The van der Waals surface area contributed by atoms with Gasteiger partial charge in [0.1, 0.15) is 0 Å². The molecule has 1 saturated carbocycles. The molecule has 2 heteroatoms. The molecule has 0 bridgehead atoms. The first-order valence-corrected chi connectivity index (χ1v) is 5.75. The molecule has 3 atom stereocenters. The summed E-state index contributed by atoms with van der Waals surface area (Å²) in [5.74, 6) is 2.03. The molecule has 3 unspecified atom stereocenters. The van der Waals surface area contributed by atoms with Gasteiger partial charge in [-0.25, -0.2) is 0 Å². The SMILES string of the molecule is CCC1CN(CC2CC2C)CCN1. The van der Waals surface area contributed by atoms with E-state index in [0.29, 0.717) is 0 Å². The number of nitrogens with one attached hydrogen (secondary N) is 1. The Morgan fingerprint density at radius 2 is 2.23 bits per heavy atom. The van der Waals surface area contributed by atoms with E-state index in [9.17, 15) is 0 Å². The molecule has 2 nitrogen and oxygen atoms in total. The van der Waals surface area contributed by atoms with Crippen molar-refractivity contribution in [2.45, 2.75) is 32.7 Å². The van der Waals surface area contributed by atoms with E-state index >= 15 is 0 Å². The molecule has 0 aromatic rings. The first-order chi connectivity index (χ1) is 6.29. The van der Waals surface area contributed by atoms with Crippen molar-refractivity contribution in [1.82, 2.24) is 10.2 Å². The fourth-order valence-corrected chi connectivity index (χ4v) is 2.32. The first kappa shape index (κ1) is 9.47. The molecule has 1 N–H and O–H groups in total. The summed E-state index contributed by atoms with van der Waals surface area (Å²) >= 11 is 0. The highest BCUT2D eigenvalue weighted by molar-refractivity contribution is 4.87. The van der Waals surface area contributed by atoms with Gasteiger partial charge in [-0.15, -0.1) is 0 Å². The van der Waals surface area contributed by atoms with Crippen molar-refractivity contribution >= 4 is 0 Å². The van der Waals surface area contributed by atoms with Crippen LogP contribution in [0, 0.1) is 11.8 Å². The summed E-state index contributed by atoms with van der Waals surface area (Å²) in [7, 11) is 0. The summed E-state index contributed by atoms with van der Waals surface area (Å²) < 4.78 is 0. The minimum absolute atomic E-state index is 0.753. The number of piperazine rings is 1. The van der Waals surface area contributed by atoms with E-state index in [2.05, 4.69) is 24.1 Å². The molecule has 0 aromatic heterocycles. The van der Waals surface area contributed by atoms with Gasteiger partial charge in [0, 0.05) is 32.2 Å². The summed E-state index contributed by atoms with van der Waals surface area (Å²) in [6.45, 7) is 9.75. The van der Waals surface area contributed by atoms with Crippen LogP contribution in [0.15, 0.2) is 0 Å². The van der Waals surface area contributed by atoms with Gasteiger partial charge in [-0.3, -0.25) is 0 Å². The van der Waals surface area contributed by atoms with Crippen LogP contribution >= 0.6 is 0 Å². The lowest BCUT2D eigenvalue weighted by Gasteiger charge is -2.33. The normalized spacial score (nSPS) is 40.6. The van der Waals surface area contributed by atoms with Gasteiger partial charge < -0.3 is 10.2 Å². The molecule has 0 amide bonds. The quantitative estimate of drug-likeness (QED) is 0.708. The molecular formula is C11H22N2. The van der Waals surface area contributed by atoms with Gasteiger partial charge in [0.15, 0.2) is 0 Å². The predicted octanol–water partition coefficient (Wildman–Crippen LogP) is 1.33. The molecule has 2 aliphatic rings. The van der Waals surface area contributed by atoms with Crippen molar-refractivity contribution in [3.63, 3.8) is 0 Å². The van der Waals surface area contributed by atoms with Crippen LogP contribution in [0.2, 0.25) is 0 Å². The lowest BCUT2D eigenvalue weighted by molar-refractivity contribution is 0.188. The van der Waals surface area contributed by atoms with Gasteiger partial charge in [-0.05, 0) is 24.7 Å². The van der Waals surface area contributed by atoms with Crippen molar-refractivity contribution in [3.05, 3.63) is 0 Å². The lowest BCUT2D eigenvalue weighted by atomic mass is 10.1. The Morgan fingerprint density at radius 3 is 2.85 bits per heavy atom. The van der Waals surface area contributed by atoms with Gasteiger partial charge in [-0.1, -0.05) is 13.8 Å². The van der Waals surface area contributed by atoms with Crippen LogP contribution in [0.3, 0.4) is 0 Å². The van der Waals surface area contributed by atoms with Crippen LogP contribution in [-0.2, 0) is 0 Å². The molecule has 13 heavy (non-hydrogen) atoms. The van der Waals surface area contributed by atoms with E-state index in [-0.39, 0.29) is 0 Å². The third kappa shape index (κ3) is 2.44. The fourth-order valence-electron chi connectivity index (χ4n) is 2.32. The predicted molar refractivity (Wildman–Crippen MR) is 55.8 cm³/mol. The van der Waals surface area contributed by atoms with E-state index in [1.54, 1.807) is 0 Å². The van der Waals surface area contributed by atoms with E-state index in [0.717, 1.165) is 17.9 Å². The first-order valence-electron chi connectivity index (χ1n) is 5.75. The lowest BCUT2D eigenvalue weighted by Crippen LogP contribution is -2.50. The average Bonchev–Trinajstić information content (AvgIpc) is 2.82. The smallest absolute Gasteiger partial charge is 0.0192 e. The maximum Gasteiger partial charge on any atom is 0.0192 e. The van der Waals surface area contributed by atoms with Crippen molar-refractivity contribution in [1.29, 1.82) is 0 Å². The molecule has 0 radical (unpaired) electrons. The number of rotatable bonds is 3. The third-order valence-electron chi connectivity index (χ3n) is 3.60. The zero-order valence-corrected chi connectivity index (χ0v) is 8.92. The van der Waals surface area contributed by atoms with Crippen molar-refractivity contribution in [2.24, 2.45) is 11.8 Å². The molecule has 2 fully saturated rings. The van der Waals surface area contributed by atoms with Gasteiger partial charge >= 0.3 is 0 Å². The Bertz CT molecular complexity index is 167. The second kappa shape index (κ2) is 3.97. The zero-order chi connectivity index (χ0) is 9.26. The number of hydrogen-bond acceptors (Lipinski definition) is 2. The third-order valence-corrected chi connectivity index (χ3v) is 3.60.